The maximum absolute atomic E-state index is 9.21. The highest BCUT2D eigenvalue weighted by Crippen LogP contribution is 2.21. The highest BCUT2D eigenvalue weighted by Gasteiger charge is 2.06. The van der Waals surface area contributed by atoms with Gasteiger partial charge in [0.2, 0.25) is 0 Å². The maximum Gasteiger partial charge on any atom is 0.136 e. The van der Waals surface area contributed by atoms with Crippen LogP contribution in [0.4, 0.5) is 17.3 Å². The van der Waals surface area contributed by atoms with Crippen molar-refractivity contribution in [2.45, 2.75) is 20.4 Å². The van der Waals surface area contributed by atoms with Gasteiger partial charge in [-0.2, -0.15) is 5.26 Å². The number of aromatic nitrogens is 2. The van der Waals surface area contributed by atoms with Crippen molar-refractivity contribution < 1.29 is 0 Å². The molecule has 1 heterocycles. The van der Waals surface area contributed by atoms with Gasteiger partial charge >= 0.3 is 0 Å². The molecule has 25 heavy (non-hydrogen) atoms. The minimum atomic E-state index is 0.577. The van der Waals surface area contributed by atoms with Gasteiger partial charge in [0, 0.05) is 12.6 Å². The Morgan fingerprint density at radius 3 is 2.48 bits per heavy atom. The molecule has 0 spiro atoms. The van der Waals surface area contributed by atoms with E-state index in [4.69, 9.17) is 0 Å². The number of benzene rings is 2. The summed E-state index contributed by atoms with van der Waals surface area (Å²) in [6.45, 7) is 4.63. The summed E-state index contributed by atoms with van der Waals surface area (Å²) in [5.41, 5.74) is 3.77. The number of anilines is 3. The maximum atomic E-state index is 9.21. The second-order valence-electron chi connectivity index (χ2n) is 5.75. The average molecular weight is 329 g/mol. The minimum absolute atomic E-state index is 0.577. The van der Waals surface area contributed by atoms with Gasteiger partial charge in [0.05, 0.1) is 11.3 Å². The monoisotopic (exact) mass is 329 g/mol. The van der Waals surface area contributed by atoms with Crippen LogP contribution in [-0.2, 0) is 6.54 Å². The molecule has 0 aliphatic rings. The van der Waals surface area contributed by atoms with E-state index in [9.17, 15) is 5.26 Å². The summed E-state index contributed by atoms with van der Waals surface area (Å²) in [4.78, 5) is 8.84. The molecule has 0 amide bonds. The van der Waals surface area contributed by atoms with E-state index < -0.39 is 0 Å². The molecule has 0 aliphatic carbocycles. The van der Waals surface area contributed by atoms with Gasteiger partial charge < -0.3 is 10.6 Å². The first kappa shape index (κ1) is 16.5. The van der Waals surface area contributed by atoms with Crippen LogP contribution >= 0.6 is 0 Å². The lowest BCUT2D eigenvalue weighted by atomic mass is 10.1. The molecule has 0 bridgehead atoms. The van der Waals surface area contributed by atoms with Crippen LogP contribution in [0.3, 0.4) is 0 Å². The van der Waals surface area contributed by atoms with Gasteiger partial charge in [-0.15, -0.1) is 0 Å². The predicted octanol–water partition coefficient (Wildman–Crippen LogP) is 4.32. The first-order valence-electron chi connectivity index (χ1n) is 8.06. The van der Waals surface area contributed by atoms with E-state index in [0.717, 1.165) is 11.5 Å². The summed E-state index contributed by atoms with van der Waals surface area (Å²) in [6.07, 6.45) is 0. The Labute approximate surface area is 147 Å². The topological polar surface area (TPSA) is 73.6 Å². The Hall–Kier alpha value is -3.39. The lowest BCUT2D eigenvalue weighted by Crippen LogP contribution is -2.06. The largest absolute Gasteiger partial charge is 0.366 e. The molecule has 124 valence electrons. The highest BCUT2D eigenvalue weighted by atomic mass is 15.1. The fraction of sp³-hybridized carbons (Fsp3) is 0.150. The fourth-order valence-electron chi connectivity index (χ4n) is 2.54. The van der Waals surface area contributed by atoms with Gasteiger partial charge in [-0.1, -0.05) is 36.4 Å². The van der Waals surface area contributed by atoms with Crippen LogP contribution in [0.1, 0.15) is 22.5 Å². The van der Waals surface area contributed by atoms with Crippen molar-refractivity contribution in [1.29, 1.82) is 5.26 Å². The summed E-state index contributed by atoms with van der Waals surface area (Å²) >= 11 is 0. The molecule has 0 aliphatic heterocycles. The van der Waals surface area contributed by atoms with Gasteiger partial charge in [-0.05, 0) is 37.1 Å². The fourth-order valence-corrected chi connectivity index (χ4v) is 2.54. The molecule has 0 radical (unpaired) electrons. The van der Waals surface area contributed by atoms with Crippen LogP contribution in [0.25, 0.3) is 0 Å². The summed E-state index contributed by atoms with van der Waals surface area (Å²) in [6, 6.07) is 19.6. The molecule has 3 aromatic rings. The lowest BCUT2D eigenvalue weighted by molar-refractivity contribution is 1.02. The van der Waals surface area contributed by atoms with Crippen molar-refractivity contribution in [3.05, 3.63) is 77.1 Å². The molecular weight excluding hydrogens is 310 g/mol. The minimum Gasteiger partial charge on any atom is -0.366 e. The normalized spacial score (nSPS) is 10.1. The van der Waals surface area contributed by atoms with Crippen molar-refractivity contribution in [3.8, 4) is 6.07 Å². The molecular formula is C20H19N5. The van der Waals surface area contributed by atoms with Gasteiger partial charge in [-0.25, -0.2) is 9.97 Å². The zero-order valence-corrected chi connectivity index (χ0v) is 14.2. The molecule has 5 heteroatoms. The van der Waals surface area contributed by atoms with Crippen molar-refractivity contribution >= 4 is 17.3 Å². The Bertz CT molecular complexity index is 927. The van der Waals surface area contributed by atoms with Crippen LogP contribution < -0.4 is 10.6 Å². The average Bonchev–Trinajstić information content (AvgIpc) is 2.61. The molecule has 2 aromatic carbocycles. The Balaban J connectivity index is 1.79. The zero-order valence-electron chi connectivity index (χ0n) is 14.2. The number of nitrogens with one attached hydrogen (secondary N) is 2. The van der Waals surface area contributed by atoms with Crippen LogP contribution in [0.2, 0.25) is 0 Å². The third-order valence-electron chi connectivity index (χ3n) is 3.87. The molecule has 2 N–H and O–H groups in total. The summed E-state index contributed by atoms with van der Waals surface area (Å²) in [5.74, 6) is 2.06. The van der Waals surface area contributed by atoms with Crippen LogP contribution in [0.15, 0.2) is 54.6 Å². The van der Waals surface area contributed by atoms with Gasteiger partial charge in [0.25, 0.3) is 0 Å². The van der Waals surface area contributed by atoms with E-state index in [-0.39, 0.29) is 0 Å². The molecule has 3 rings (SSSR count). The third-order valence-corrected chi connectivity index (χ3v) is 3.87. The number of nitrogens with zero attached hydrogens (tertiary/aromatic N) is 3. The van der Waals surface area contributed by atoms with Gasteiger partial charge in [0.1, 0.15) is 23.5 Å². The molecule has 0 saturated heterocycles. The third kappa shape index (κ3) is 4.12. The van der Waals surface area contributed by atoms with E-state index in [0.29, 0.717) is 23.8 Å². The van der Waals surface area contributed by atoms with Crippen LogP contribution in [0, 0.1) is 25.2 Å². The van der Waals surface area contributed by atoms with E-state index in [2.05, 4.69) is 45.7 Å². The second-order valence-corrected chi connectivity index (χ2v) is 5.75. The molecule has 0 unspecified atom stereocenters. The standard InChI is InChI=1S/C20H19N5/c1-14-7-3-4-9-17(14)13-22-19-11-20(24-15(2)23-19)25-18-10-6-5-8-16(18)12-21/h3-11H,13H2,1-2H3,(H2,22,23,24,25). The quantitative estimate of drug-likeness (QED) is 0.729. The Morgan fingerprint density at radius 1 is 0.960 bits per heavy atom. The molecule has 1 aromatic heterocycles. The van der Waals surface area contributed by atoms with Crippen molar-refractivity contribution in [2.75, 3.05) is 10.6 Å². The highest BCUT2D eigenvalue weighted by molar-refractivity contribution is 5.65. The van der Waals surface area contributed by atoms with E-state index >= 15 is 0 Å². The number of hydrogen-bond acceptors (Lipinski definition) is 5. The van der Waals surface area contributed by atoms with Crippen LogP contribution in [0.5, 0.6) is 0 Å². The van der Waals surface area contributed by atoms with E-state index in [1.165, 1.54) is 11.1 Å². The molecule has 0 fully saturated rings. The molecule has 0 atom stereocenters. The van der Waals surface area contributed by atoms with Crippen molar-refractivity contribution in [2.24, 2.45) is 0 Å². The zero-order chi connectivity index (χ0) is 17.6. The summed E-state index contributed by atoms with van der Waals surface area (Å²) < 4.78 is 0. The number of hydrogen-bond donors (Lipinski definition) is 2. The number of aryl methyl sites for hydroxylation is 2. The first-order valence-corrected chi connectivity index (χ1v) is 8.06. The predicted molar refractivity (Wildman–Crippen MR) is 99.7 cm³/mol. The van der Waals surface area contributed by atoms with Crippen molar-refractivity contribution in [1.82, 2.24) is 9.97 Å². The smallest absolute Gasteiger partial charge is 0.136 e. The number of nitriles is 1. The van der Waals surface area contributed by atoms with Crippen molar-refractivity contribution in [3.63, 3.8) is 0 Å². The SMILES string of the molecule is Cc1nc(NCc2ccccc2C)cc(Nc2ccccc2C#N)n1. The second kappa shape index (κ2) is 7.45. The van der Waals surface area contributed by atoms with E-state index in [1.807, 2.05) is 43.3 Å². The number of rotatable bonds is 5. The Kier molecular flexibility index (Phi) is 4.91. The summed E-state index contributed by atoms with van der Waals surface area (Å²) in [5, 5.41) is 15.7. The van der Waals surface area contributed by atoms with Gasteiger partial charge in [0.15, 0.2) is 0 Å². The molecule has 5 nitrogen and oxygen atoms in total. The summed E-state index contributed by atoms with van der Waals surface area (Å²) in [7, 11) is 0. The Morgan fingerprint density at radius 2 is 1.68 bits per heavy atom. The lowest BCUT2D eigenvalue weighted by Gasteiger charge is -2.12. The van der Waals surface area contributed by atoms with E-state index in [1.54, 1.807) is 6.07 Å². The van der Waals surface area contributed by atoms with Gasteiger partial charge in [-0.3, -0.25) is 0 Å². The first-order chi connectivity index (χ1) is 12.2. The van der Waals surface area contributed by atoms with Crippen LogP contribution in [-0.4, -0.2) is 9.97 Å². The molecule has 0 saturated carbocycles. The number of para-hydroxylation sites is 1.